The molecule has 8 heteroatoms. The zero-order valence-electron chi connectivity index (χ0n) is 21.3. The van der Waals surface area contributed by atoms with Crippen LogP contribution in [-0.2, 0) is 16.1 Å². The van der Waals surface area contributed by atoms with Gasteiger partial charge in [-0.1, -0.05) is 60.7 Å². The molecule has 3 aromatic carbocycles. The van der Waals surface area contributed by atoms with Gasteiger partial charge < -0.3 is 24.3 Å². The fourth-order valence-corrected chi connectivity index (χ4v) is 4.85. The van der Waals surface area contributed by atoms with Gasteiger partial charge >= 0.3 is 12.1 Å². The maximum atomic E-state index is 12.9. The Morgan fingerprint density at radius 2 is 1.62 bits per heavy atom. The molecule has 1 saturated carbocycles. The Morgan fingerprint density at radius 1 is 0.923 bits per heavy atom. The van der Waals surface area contributed by atoms with Crippen LogP contribution in [0.4, 0.5) is 4.79 Å². The Kier molecular flexibility index (Phi) is 7.91. The molecule has 1 aliphatic rings. The van der Waals surface area contributed by atoms with Crippen LogP contribution in [0.25, 0.3) is 22.3 Å². The van der Waals surface area contributed by atoms with E-state index in [-0.39, 0.29) is 46.3 Å². The van der Waals surface area contributed by atoms with Crippen LogP contribution in [0.5, 0.6) is 11.5 Å². The number of hydrogen-bond acceptors (Lipinski definition) is 7. The SMILES string of the molecule is O=C(NCC1CCC(C(=O)Oc2cc(O)c3c(=O)cc(-c4ccccc4)oc3c2)CC1)OCc1ccccc1. The summed E-state index contributed by atoms with van der Waals surface area (Å²) < 4.78 is 16.7. The molecule has 0 unspecified atom stereocenters. The van der Waals surface area contributed by atoms with E-state index in [2.05, 4.69) is 5.32 Å². The molecule has 4 aromatic rings. The number of amides is 1. The Bertz CT molecular complexity index is 1510. The van der Waals surface area contributed by atoms with Gasteiger partial charge in [0.05, 0.1) is 5.92 Å². The Labute approximate surface area is 225 Å². The van der Waals surface area contributed by atoms with Crippen molar-refractivity contribution < 1.29 is 28.6 Å². The number of fused-ring (bicyclic) bond motifs is 1. The number of alkyl carbamates (subject to hydrolysis) is 1. The Balaban J connectivity index is 1.15. The number of esters is 1. The van der Waals surface area contributed by atoms with Crippen molar-refractivity contribution >= 4 is 23.0 Å². The number of rotatable bonds is 7. The number of phenols is 1. The zero-order valence-corrected chi connectivity index (χ0v) is 21.3. The van der Waals surface area contributed by atoms with Crippen LogP contribution in [0.1, 0.15) is 31.2 Å². The number of carbonyl (C=O) groups is 2. The molecule has 2 N–H and O–H groups in total. The van der Waals surface area contributed by atoms with Crippen molar-refractivity contribution in [2.45, 2.75) is 32.3 Å². The molecule has 1 aromatic heterocycles. The first-order valence-corrected chi connectivity index (χ1v) is 13.0. The van der Waals surface area contributed by atoms with Crippen LogP contribution in [0.15, 0.2) is 88.1 Å². The monoisotopic (exact) mass is 527 g/mol. The highest BCUT2D eigenvalue weighted by Gasteiger charge is 2.28. The summed E-state index contributed by atoms with van der Waals surface area (Å²) in [6.07, 6.45) is 2.31. The molecule has 1 amide bonds. The molecular weight excluding hydrogens is 498 g/mol. The van der Waals surface area contributed by atoms with E-state index in [1.54, 1.807) is 0 Å². The number of phenolic OH excluding ortho intramolecular Hbond substituents is 1. The maximum Gasteiger partial charge on any atom is 0.407 e. The minimum absolute atomic E-state index is 0.0322. The van der Waals surface area contributed by atoms with Crippen molar-refractivity contribution in [3.63, 3.8) is 0 Å². The van der Waals surface area contributed by atoms with Crippen molar-refractivity contribution in [2.24, 2.45) is 11.8 Å². The molecule has 0 saturated heterocycles. The average Bonchev–Trinajstić information content (AvgIpc) is 2.95. The van der Waals surface area contributed by atoms with E-state index in [1.165, 1.54) is 18.2 Å². The minimum Gasteiger partial charge on any atom is -0.507 e. The van der Waals surface area contributed by atoms with Gasteiger partial charge in [-0.15, -0.1) is 0 Å². The average molecular weight is 528 g/mol. The van der Waals surface area contributed by atoms with Crippen molar-refractivity contribution in [3.8, 4) is 22.8 Å². The van der Waals surface area contributed by atoms with E-state index in [0.717, 1.165) is 18.4 Å². The smallest absolute Gasteiger partial charge is 0.407 e. The Hall–Kier alpha value is -4.59. The predicted molar refractivity (Wildman–Crippen MR) is 145 cm³/mol. The van der Waals surface area contributed by atoms with Crippen LogP contribution in [-0.4, -0.2) is 23.7 Å². The highest BCUT2D eigenvalue weighted by atomic mass is 16.5. The minimum atomic E-state index is -0.460. The third kappa shape index (κ3) is 6.46. The highest BCUT2D eigenvalue weighted by molar-refractivity contribution is 5.87. The van der Waals surface area contributed by atoms with Gasteiger partial charge in [-0.25, -0.2) is 4.79 Å². The number of aromatic hydroxyl groups is 1. The molecule has 8 nitrogen and oxygen atoms in total. The largest absolute Gasteiger partial charge is 0.507 e. The van der Waals surface area contributed by atoms with Gasteiger partial charge in [-0.05, 0) is 37.2 Å². The summed E-state index contributed by atoms with van der Waals surface area (Å²) in [5, 5.41) is 13.3. The standard InChI is InChI=1S/C31H29NO7/c33-25-15-24(16-28-29(25)26(34)17-27(39-28)22-9-5-2-6-10-22)38-30(35)23-13-11-20(12-14-23)18-32-31(36)37-19-21-7-3-1-4-8-21/h1-10,15-17,20,23,33H,11-14,18-19H2,(H,32,36). The van der Waals surface area contributed by atoms with E-state index in [0.29, 0.717) is 30.7 Å². The molecule has 200 valence electrons. The lowest BCUT2D eigenvalue weighted by molar-refractivity contribution is -0.140. The molecule has 1 heterocycles. The first-order chi connectivity index (χ1) is 19.0. The molecular formula is C31H29NO7. The zero-order chi connectivity index (χ0) is 27.2. The van der Waals surface area contributed by atoms with Crippen molar-refractivity contribution in [3.05, 3.63) is 94.6 Å². The molecule has 1 fully saturated rings. The number of hydrogen-bond donors (Lipinski definition) is 2. The van der Waals surface area contributed by atoms with Gasteiger partial charge in [0.1, 0.15) is 34.8 Å². The van der Waals surface area contributed by atoms with Crippen molar-refractivity contribution in [1.82, 2.24) is 5.32 Å². The van der Waals surface area contributed by atoms with Crippen LogP contribution in [0, 0.1) is 11.8 Å². The summed E-state index contributed by atoms with van der Waals surface area (Å²) in [5.74, 6) is -0.294. The van der Waals surface area contributed by atoms with Gasteiger partial charge in [0.25, 0.3) is 0 Å². The second-order valence-corrected chi connectivity index (χ2v) is 9.74. The maximum absolute atomic E-state index is 12.9. The van der Waals surface area contributed by atoms with E-state index in [9.17, 15) is 19.5 Å². The number of nitrogens with one attached hydrogen (secondary N) is 1. The summed E-state index contributed by atoms with van der Waals surface area (Å²) >= 11 is 0. The van der Waals surface area contributed by atoms with Crippen LogP contribution in [0.3, 0.4) is 0 Å². The summed E-state index contributed by atoms with van der Waals surface area (Å²) in [4.78, 5) is 37.5. The van der Waals surface area contributed by atoms with Crippen molar-refractivity contribution in [2.75, 3.05) is 6.54 Å². The van der Waals surface area contributed by atoms with E-state index in [1.807, 2.05) is 60.7 Å². The second kappa shape index (κ2) is 11.9. The lowest BCUT2D eigenvalue weighted by Crippen LogP contribution is -2.33. The second-order valence-electron chi connectivity index (χ2n) is 9.74. The fraction of sp³-hybridized carbons (Fsp3) is 0.258. The quantitative estimate of drug-likeness (QED) is 0.230. The van der Waals surface area contributed by atoms with Crippen LogP contribution < -0.4 is 15.5 Å². The number of ether oxygens (including phenoxy) is 2. The molecule has 0 radical (unpaired) electrons. The van der Waals surface area contributed by atoms with Gasteiger partial charge in [-0.2, -0.15) is 0 Å². The number of benzene rings is 3. The van der Waals surface area contributed by atoms with E-state index >= 15 is 0 Å². The fourth-order valence-electron chi connectivity index (χ4n) is 4.85. The summed E-state index contributed by atoms with van der Waals surface area (Å²) in [6.45, 7) is 0.698. The summed E-state index contributed by atoms with van der Waals surface area (Å²) in [6, 6.07) is 22.7. The lowest BCUT2D eigenvalue weighted by Gasteiger charge is -2.27. The molecule has 39 heavy (non-hydrogen) atoms. The molecule has 5 rings (SSSR count). The van der Waals surface area contributed by atoms with E-state index < -0.39 is 12.1 Å². The summed E-state index contributed by atoms with van der Waals surface area (Å²) in [5.41, 5.74) is 1.39. The first-order valence-electron chi connectivity index (χ1n) is 13.0. The van der Waals surface area contributed by atoms with Gasteiger partial charge in [-0.3, -0.25) is 9.59 Å². The van der Waals surface area contributed by atoms with Gasteiger partial charge in [0, 0.05) is 30.3 Å². The molecule has 0 bridgehead atoms. The van der Waals surface area contributed by atoms with Crippen LogP contribution >= 0.6 is 0 Å². The topological polar surface area (TPSA) is 115 Å². The Morgan fingerprint density at radius 3 is 2.33 bits per heavy atom. The predicted octanol–water partition coefficient (Wildman–Crippen LogP) is 5.80. The highest BCUT2D eigenvalue weighted by Crippen LogP contribution is 2.33. The third-order valence-corrected chi connectivity index (χ3v) is 6.99. The van der Waals surface area contributed by atoms with E-state index in [4.69, 9.17) is 13.9 Å². The first kappa shape index (κ1) is 26.0. The van der Waals surface area contributed by atoms with Gasteiger partial charge in [0.15, 0.2) is 5.43 Å². The third-order valence-electron chi connectivity index (χ3n) is 6.99. The molecule has 0 aliphatic heterocycles. The number of carbonyl (C=O) groups excluding carboxylic acids is 2. The molecule has 0 atom stereocenters. The van der Waals surface area contributed by atoms with Crippen LogP contribution in [0.2, 0.25) is 0 Å². The normalized spacial score (nSPS) is 16.9. The molecule has 1 aliphatic carbocycles. The van der Waals surface area contributed by atoms with Crippen molar-refractivity contribution in [1.29, 1.82) is 0 Å². The summed E-state index contributed by atoms with van der Waals surface area (Å²) in [7, 11) is 0. The van der Waals surface area contributed by atoms with Gasteiger partial charge in [0.2, 0.25) is 0 Å². The molecule has 0 spiro atoms. The lowest BCUT2D eigenvalue weighted by atomic mass is 9.82.